The summed E-state index contributed by atoms with van der Waals surface area (Å²) >= 11 is 0. The number of nitrogens with one attached hydrogen (secondary N) is 1. The highest BCUT2D eigenvalue weighted by Gasteiger charge is 2.33. The van der Waals surface area contributed by atoms with Crippen LogP contribution < -0.4 is 10.1 Å². The third kappa shape index (κ3) is 4.28. The maximum absolute atomic E-state index is 13.1. The molecule has 2 aromatic carbocycles. The minimum atomic E-state index is -0.153. The lowest BCUT2D eigenvalue weighted by Gasteiger charge is -2.23. The van der Waals surface area contributed by atoms with E-state index >= 15 is 0 Å². The second-order valence-electron chi connectivity index (χ2n) is 7.26. The summed E-state index contributed by atoms with van der Waals surface area (Å²) in [5, 5.41) is 9.54. The fourth-order valence-electron chi connectivity index (χ4n) is 3.59. The predicted octanol–water partition coefficient (Wildman–Crippen LogP) is 4.32. The van der Waals surface area contributed by atoms with E-state index in [2.05, 4.69) is 5.32 Å². The van der Waals surface area contributed by atoms with Gasteiger partial charge in [0.2, 0.25) is 0 Å². The van der Waals surface area contributed by atoms with Crippen LogP contribution in [-0.2, 0) is 4.79 Å². The molecule has 0 aliphatic carbocycles. The number of hydrazone groups is 1. The van der Waals surface area contributed by atoms with Gasteiger partial charge in [0.15, 0.2) is 0 Å². The molecule has 6 heteroatoms. The molecule has 30 heavy (non-hydrogen) atoms. The van der Waals surface area contributed by atoms with Gasteiger partial charge in [-0.25, -0.2) is 5.01 Å². The molecule has 6 nitrogen and oxygen atoms in total. The summed E-state index contributed by atoms with van der Waals surface area (Å²) in [6.45, 7) is 2.13. The molecule has 1 N–H and O–H groups in total. The Bertz CT molecular complexity index is 998. The molecule has 0 bridgehead atoms. The minimum absolute atomic E-state index is 0.0661. The molecule has 2 heterocycles. The van der Waals surface area contributed by atoms with Crippen molar-refractivity contribution in [2.45, 2.75) is 25.4 Å². The molecule has 2 atom stereocenters. The second kappa shape index (κ2) is 8.97. The fraction of sp³-hybridized carbons (Fsp3) is 0.250. The number of hydrogen-bond acceptors (Lipinski definition) is 5. The van der Waals surface area contributed by atoms with Gasteiger partial charge in [0.1, 0.15) is 11.5 Å². The second-order valence-corrected chi connectivity index (χ2v) is 7.26. The summed E-state index contributed by atoms with van der Waals surface area (Å²) in [4.78, 5) is 13.1. The predicted molar refractivity (Wildman–Crippen MR) is 115 cm³/mol. The van der Waals surface area contributed by atoms with Gasteiger partial charge in [-0.05, 0) is 42.3 Å². The van der Waals surface area contributed by atoms with Gasteiger partial charge < -0.3 is 9.15 Å². The quantitative estimate of drug-likeness (QED) is 0.638. The zero-order chi connectivity index (χ0) is 20.9. The number of carbonyl (C=O) groups is 1. The van der Waals surface area contributed by atoms with Crippen LogP contribution in [0.25, 0.3) is 0 Å². The molecular weight excluding hydrogens is 378 g/mol. The van der Waals surface area contributed by atoms with Crippen LogP contribution in [0.4, 0.5) is 0 Å². The maximum Gasteiger partial charge on any atom is 0.257 e. The van der Waals surface area contributed by atoms with Crippen molar-refractivity contribution in [3.8, 4) is 5.75 Å². The third-order valence-corrected chi connectivity index (χ3v) is 5.30. The van der Waals surface area contributed by atoms with Gasteiger partial charge >= 0.3 is 0 Å². The molecule has 0 fully saturated rings. The lowest BCUT2D eigenvalue weighted by atomic mass is 9.98. The first kappa shape index (κ1) is 19.9. The lowest BCUT2D eigenvalue weighted by Crippen LogP contribution is -2.36. The van der Waals surface area contributed by atoms with Crippen LogP contribution in [0.5, 0.6) is 5.75 Å². The number of carbonyl (C=O) groups excluding carboxylic acids is 1. The summed E-state index contributed by atoms with van der Waals surface area (Å²) in [5.41, 5.74) is 2.96. The minimum Gasteiger partial charge on any atom is -0.497 e. The highest BCUT2D eigenvalue weighted by atomic mass is 16.5. The highest BCUT2D eigenvalue weighted by Crippen LogP contribution is 2.33. The van der Waals surface area contributed by atoms with E-state index in [9.17, 15) is 4.79 Å². The van der Waals surface area contributed by atoms with Gasteiger partial charge in [-0.2, -0.15) is 5.10 Å². The van der Waals surface area contributed by atoms with Crippen LogP contribution >= 0.6 is 0 Å². The Morgan fingerprint density at radius 2 is 1.93 bits per heavy atom. The Morgan fingerprint density at radius 3 is 2.60 bits per heavy atom. The molecular formula is C24H25N3O3. The Labute approximate surface area is 176 Å². The number of nitrogens with zero attached hydrogens (tertiary/aromatic N) is 2. The smallest absolute Gasteiger partial charge is 0.257 e. The Hall–Kier alpha value is -3.38. The Balaban J connectivity index is 1.54. The summed E-state index contributed by atoms with van der Waals surface area (Å²) in [5.74, 6) is 1.50. The molecule has 3 aromatic rings. The van der Waals surface area contributed by atoms with Crippen molar-refractivity contribution >= 4 is 11.6 Å². The van der Waals surface area contributed by atoms with Crippen molar-refractivity contribution in [1.82, 2.24) is 10.3 Å². The SMILES string of the molecule is COc1ccc([C@H]2CC(c3ccccc3)=NN2C(=O)CN[C@H](C)c2ccco2)cc1. The van der Waals surface area contributed by atoms with Gasteiger partial charge in [-0.15, -0.1) is 0 Å². The van der Waals surface area contributed by atoms with Gasteiger partial charge in [-0.3, -0.25) is 10.1 Å². The Morgan fingerprint density at radius 1 is 1.17 bits per heavy atom. The van der Waals surface area contributed by atoms with Crippen LogP contribution in [0.1, 0.15) is 42.3 Å². The van der Waals surface area contributed by atoms with Gasteiger partial charge in [0.05, 0.1) is 37.7 Å². The van der Waals surface area contributed by atoms with Gasteiger partial charge in [-0.1, -0.05) is 42.5 Å². The standard InChI is InChI=1S/C24H25N3O3/c1-17(23-9-6-14-30-23)25-16-24(28)27-22(19-10-12-20(29-2)13-11-19)15-21(26-27)18-7-4-3-5-8-18/h3-14,17,22,25H,15-16H2,1-2H3/t17-,22-/m1/s1. The molecule has 0 unspecified atom stereocenters. The molecule has 1 aliphatic rings. The molecule has 154 valence electrons. The molecule has 0 saturated heterocycles. The normalized spacial score (nSPS) is 16.9. The average Bonchev–Trinajstić information content (AvgIpc) is 3.48. The van der Waals surface area contributed by atoms with E-state index < -0.39 is 0 Å². The molecule has 4 rings (SSSR count). The molecule has 1 amide bonds. The van der Waals surface area contributed by atoms with Crippen LogP contribution in [0, 0.1) is 0 Å². The number of hydrogen-bond donors (Lipinski definition) is 1. The number of methoxy groups -OCH3 is 1. The van der Waals surface area contributed by atoms with Crippen molar-refractivity contribution in [3.05, 3.63) is 89.9 Å². The number of rotatable bonds is 7. The highest BCUT2D eigenvalue weighted by molar-refractivity contribution is 6.03. The third-order valence-electron chi connectivity index (χ3n) is 5.30. The van der Waals surface area contributed by atoms with Crippen molar-refractivity contribution < 1.29 is 13.9 Å². The van der Waals surface area contributed by atoms with Crippen molar-refractivity contribution in [2.75, 3.05) is 13.7 Å². The number of amides is 1. The summed E-state index contributed by atoms with van der Waals surface area (Å²) in [7, 11) is 1.64. The van der Waals surface area contributed by atoms with E-state index in [1.165, 1.54) is 0 Å². The molecule has 0 radical (unpaired) electrons. The first-order chi connectivity index (χ1) is 14.7. The van der Waals surface area contributed by atoms with E-state index in [0.29, 0.717) is 6.42 Å². The lowest BCUT2D eigenvalue weighted by molar-refractivity contribution is -0.132. The number of benzene rings is 2. The monoisotopic (exact) mass is 403 g/mol. The summed E-state index contributed by atoms with van der Waals surface area (Å²) in [6.07, 6.45) is 2.29. The summed E-state index contributed by atoms with van der Waals surface area (Å²) < 4.78 is 10.7. The number of ether oxygens (including phenoxy) is 1. The van der Waals surface area contributed by atoms with Crippen molar-refractivity contribution in [1.29, 1.82) is 0 Å². The first-order valence-corrected chi connectivity index (χ1v) is 10.0. The topological polar surface area (TPSA) is 67.1 Å². The Kier molecular flexibility index (Phi) is 5.95. The van der Waals surface area contributed by atoms with Crippen LogP contribution in [0.3, 0.4) is 0 Å². The van der Waals surface area contributed by atoms with E-state index in [4.69, 9.17) is 14.3 Å². The fourth-order valence-corrected chi connectivity index (χ4v) is 3.59. The first-order valence-electron chi connectivity index (χ1n) is 10.0. The van der Waals surface area contributed by atoms with E-state index in [0.717, 1.165) is 28.3 Å². The largest absolute Gasteiger partial charge is 0.497 e. The van der Waals surface area contributed by atoms with Crippen molar-refractivity contribution in [3.63, 3.8) is 0 Å². The van der Waals surface area contributed by atoms with E-state index in [-0.39, 0.29) is 24.5 Å². The van der Waals surface area contributed by atoms with Crippen molar-refractivity contribution in [2.24, 2.45) is 5.10 Å². The van der Waals surface area contributed by atoms with E-state index in [1.54, 1.807) is 18.4 Å². The molecule has 1 aliphatic heterocycles. The summed E-state index contributed by atoms with van der Waals surface area (Å²) in [6, 6.07) is 21.3. The number of furan rings is 1. The zero-order valence-corrected chi connectivity index (χ0v) is 17.1. The van der Waals surface area contributed by atoms with Crippen LogP contribution in [0.15, 0.2) is 82.5 Å². The van der Waals surface area contributed by atoms with Crippen LogP contribution in [0.2, 0.25) is 0 Å². The van der Waals surface area contributed by atoms with E-state index in [1.807, 2.05) is 73.7 Å². The zero-order valence-electron chi connectivity index (χ0n) is 17.1. The molecule has 1 aromatic heterocycles. The van der Waals surface area contributed by atoms with Gasteiger partial charge in [0, 0.05) is 6.42 Å². The molecule has 0 spiro atoms. The maximum atomic E-state index is 13.1. The average molecular weight is 403 g/mol. The molecule has 0 saturated carbocycles. The van der Waals surface area contributed by atoms with Gasteiger partial charge in [0.25, 0.3) is 5.91 Å². The van der Waals surface area contributed by atoms with Crippen LogP contribution in [-0.4, -0.2) is 30.3 Å².